The lowest BCUT2D eigenvalue weighted by molar-refractivity contribution is 0.920. The van der Waals surface area contributed by atoms with E-state index in [2.05, 4.69) is 5.18 Å². The minimum atomic E-state index is -0.258. The molecule has 0 amide bonds. The first-order valence-electron chi connectivity index (χ1n) is 3.51. The van der Waals surface area contributed by atoms with Crippen molar-refractivity contribution in [2.75, 3.05) is 0 Å². The van der Waals surface area contributed by atoms with Gasteiger partial charge in [-0.2, -0.15) is 0 Å². The van der Waals surface area contributed by atoms with Crippen LogP contribution in [0.5, 0.6) is 0 Å². The van der Waals surface area contributed by atoms with Crippen LogP contribution in [0.3, 0.4) is 0 Å². The number of nitroso groups, excluding NO2 is 1. The molecule has 1 aliphatic carbocycles. The van der Waals surface area contributed by atoms with Gasteiger partial charge in [0.25, 0.3) is 0 Å². The third kappa shape index (κ3) is 0.871. The van der Waals surface area contributed by atoms with Crippen molar-refractivity contribution in [1.29, 1.82) is 0 Å². The third-order valence-corrected chi connectivity index (χ3v) is 1.89. The van der Waals surface area contributed by atoms with Crippen molar-refractivity contribution in [2.45, 2.75) is 6.04 Å². The van der Waals surface area contributed by atoms with Crippen LogP contribution in [0, 0.1) is 4.91 Å². The Hall–Kier alpha value is -1.44. The Morgan fingerprint density at radius 3 is 2.91 bits per heavy atom. The fourth-order valence-electron chi connectivity index (χ4n) is 1.32. The number of hydrogen-bond acceptors (Lipinski definition) is 2. The lowest BCUT2D eigenvalue weighted by Gasteiger charge is -1.99. The van der Waals surface area contributed by atoms with Crippen molar-refractivity contribution in [3.8, 4) is 0 Å². The molecule has 0 bridgehead atoms. The van der Waals surface area contributed by atoms with Gasteiger partial charge in [0.05, 0.1) is 0 Å². The molecule has 54 valence electrons. The van der Waals surface area contributed by atoms with Crippen LogP contribution in [0.15, 0.2) is 35.5 Å². The highest BCUT2D eigenvalue weighted by Gasteiger charge is 2.15. The zero-order valence-corrected chi connectivity index (χ0v) is 5.90. The van der Waals surface area contributed by atoms with E-state index in [1.54, 1.807) is 0 Å². The fraction of sp³-hybridized carbons (Fsp3) is 0.111. The molecule has 0 fully saturated rings. The second kappa shape index (κ2) is 2.31. The summed E-state index contributed by atoms with van der Waals surface area (Å²) >= 11 is 0. The average molecular weight is 145 g/mol. The van der Waals surface area contributed by atoms with Crippen molar-refractivity contribution in [3.05, 3.63) is 46.4 Å². The standard InChI is InChI=1S/C9H7NO/c11-10-9-6-5-7-3-1-2-4-8(7)9/h1-6,9H. The predicted octanol–water partition coefficient (Wildman–Crippen LogP) is 2.52. The first-order valence-corrected chi connectivity index (χ1v) is 3.51. The fourth-order valence-corrected chi connectivity index (χ4v) is 1.32. The molecule has 11 heavy (non-hydrogen) atoms. The van der Waals surface area contributed by atoms with Gasteiger partial charge in [-0.1, -0.05) is 41.6 Å². The van der Waals surface area contributed by atoms with Crippen LogP contribution in [0.1, 0.15) is 17.2 Å². The Morgan fingerprint density at radius 1 is 1.27 bits per heavy atom. The number of benzene rings is 1. The van der Waals surface area contributed by atoms with Gasteiger partial charge < -0.3 is 0 Å². The maximum absolute atomic E-state index is 10.3. The lowest BCUT2D eigenvalue weighted by atomic mass is 10.1. The minimum Gasteiger partial charge on any atom is -0.150 e. The summed E-state index contributed by atoms with van der Waals surface area (Å²) in [6.45, 7) is 0. The highest BCUT2D eigenvalue weighted by molar-refractivity contribution is 5.61. The van der Waals surface area contributed by atoms with Crippen molar-refractivity contribution >= 4 is 6.08 Å². The molecule has 0 spiro atoms. The van der Waals surface area contributed by atoms with Crippen LogP contribution in [0.25, 0.3) is 6.08 Å². The maximum atomic E-state index is 10.3. The predicted molar refractivity (Wildman–Crippen MR) is 44.0 cm³/mol. The van der Waals surface area contributed by atoms with E-state index in [4.69, 9.17) is 0 Å². The van der Waals surface area contributed by atoms with E-state index < -0.39 is 0 Å². The minimum absolute atomic E-state index is 0.258. The molecule has 2 nitrogen and oxygen atoms in total. The Kier molecular flexibility index (Phi) is 1.32. The van der Waals surface area contributed by atoms with E-state index in [0.29, 0.717) is 0 Å². The summed E-state index contributed by atoms with van der Waals surface area (Å²) in [5.41, 5.74) is 2.12. The van der Waals surface area contributed by atoms with Gasteiger partial charge in [0, 0.05) is 0 Å². The highest BCUT2D eigenvalue weighted by atomic mass is 16.3. The van der Waals surface area contributed by atoms with Crippen LogP contribution in [0.4, 0.5) is 0 Å². The van der Waals surface area contributed by atoms with Gasteiger partial charge in [0.2, 0.25) is 0 Å². The Morgan fingerprint density at radius 2 is 2.09 bits per heavy atom. The molecule has 1 unspecified atom stereocenters. The van der Waals surface area contributed by atoms with Crippen LogP contribution in [-0.2, 0) is 0 Å². The maximum Gasteiger partial charge on any atom is 0.136 e. The van der Waals surface area contributed by atoms with Gasteiger partial charge in [-0.15, -0.1) is 4.91 Å². The van der Waals surface area contributed by atoms with E-state index in [0.717, 1.165) is 11.1 Å². The summed E-state index contributed by atoms with van der Waals surface area (Å²) in [5, 5.41) is 2.99. The van der Waals surface area contributed by atoms with Crippen LogP contribution < -0.4 is 0 Å². The summed E-state index contributed by atoms with van der Waals surface area (Å²) in [7, 11) is 0. The first-order chi connectivity index (χ1) is 5.42. The van der Waals surface area contributed by atoms with Gasteiger partial charge in [-0.3, -0.25) is 0 Å². The van der Waals surface area contributed by atoms with Gasteiger partial charge >= 0.3 is 0 Å². The molecule has 0 saturated carbocycles. The molecule has 2 rings (SSSR count). The second-order valence-electron chi connectivity index (χ2n) is 2.54. The molecule has 0 aliphatic heterocycles. The van der Waals surface area contributed by atoms with Gasteiger partial charge in [0.1, 0.15) is 6.04 Å². The van der Waals surface area contributed by atoms with Gasteiger partial charge in [-0.05, 0) is 11.1 Å². The average Bonchev–Trinajstić information content (AvgIpc) is 2.47. The van der Waals surface area contributed by atoms with E-state index in [1.807, 2.05) is 36.4 Å². The van der Waals surface area contributed by atoms with Gasteiger partial charge in [0.15, 0.2) is 0 Å². The van der Waals surface area contributed by atoms with E-state index >= 15 is 0 Å². The van der Waals surface area contributed by atoms with Crippen LogP contribution in [0.2, 0.25) is 0 Å². The number of nitrogens with zero attached hydrogens (tertiary/aromatic N) is 1. The first kappa shape index (κ1) is 6.28. The van der Waals surface area contributed by atoms with Crippen molar-refractivity contribution in [2.24, 2.45) is 5.18 Å². The molecule has 2 heteroatoms. The number of hydrogen-bond donors (Lipinski definition) is 0. The summed E-state index contributed by atoms with van der Waals surface area (Å²) in [5.74, 6) is 0. The normalized spacial score (nSPS) is 19.8. The highest BCUT2D eigenvalue weighted by Crippen LogP contribution is 2.29. The van der Waals surface area contributed by atoms with E-state index in [-0.39, 0.29) is 6.04 Å². The quantitative estimate of drug-likeness (QED) is 0.558. The van der Waals surface area contributed by atoms with Crippen molar-refractivity contribution < 1.29 is 0 Å². The molecule has 0 heterocycles. The van der Waals surface area contributed by atoms with Crippen molar-refractivity contribution in [1.82, 2.24) is 0 Å². The van der Waals surface area contributed by atoms with Crippen LogP contribution in [-0.4, -0.2) is 0 Å². The second-order valence-corrected chi connectivity index (χ2v) is 2.54. The monoisotopic (exact) mass is 145 g/mol. The zero-order chi connectivity index (χ0) is 7.68. The Bertz CT molecular complexity index is 317. The van der Waals surface area contributed by atoms with E-state index in [1.165, 1.54) is 0 Å². The molecule has 0 saturated heterocycles. The summed E-state index contributed by atoms with van der Waals surface area (Å²) in [6.07, 6.45) is 3.75. The molecule has 0 N–H and O–H groups in total. The van der Waals surface area contributed by atoms with Gasteiger partial charge in [-0.25, -0.2) is 0 Å². The molecular weight excluding hydrogens is 138 g/mol. The summed E-state index contributed by atoms with van der Waals surface area (Å²) < 4.78 is 0. The molecule has 1 aromatic rings. The molecule has 1 aromatic carbocycles. The van der Waals surface area contributed by atoms with Crippen molar-refractivity contribution in [3.63, 3.8) is 0 Å². The smallest absolute Gasteiger partial charge is 0.136 e. The number of fused-ring (bicyclic) bond motifs is 1. The van der Waals surface area contributed by atoms with E-state index in [9.17, 15) is 4.91 Å². The topological polar surface area (TPSA) is 29.4 Å². The summed E-state index contributed by atoms with van der Waals surface area (Å²) in [4.78, 5) is 10.3. The molecule has 1 atom stereocenters. The Balaban J connectivity index is 2.53. The molecule has 0 radical (unpaired) electrons. The molecule has 1 aliphatic rings. The Labute approximate surface area is 64.5 Å². The third-order valence-electron chi connectivity index (χ3n) is 1.89. The van der Waals surface area contributed by atoms with Crippen LogP contribution >= 0.6 is 0 Å². The number of rotatable bonds is 1. The SMILES string of the molecule is O=NC1C=Cc2ccccc21. The largest absolute Gasteiger partial charge is 0.150 e. The lowest BCUT2D eigenvalue weighted by Crippen LogP contribution is -1.86. The molecular formula is C9H7NO. The zero-order valence-electron chi connectivity index (χ0n) is 5.90. The summed E-state index contributed by atoms with van der Waals surface area (Å²) in [6, 6.07) is 7.53. The molecule has 0 aromatic heterocycles.